The number of carbonyl (C=O) groups excluding carboxylic acids is 1. The number of rotatable bonds is 1. The number of likely N-dealkylation sites (tertiary alicyclic amines) is 1. The van der Waals surface area contributed by atoms with Gasteiger partial charge in [0.25, 0.3) is 5.91 Å². The van der Waals surface area contributed by atoms with Gasteiger partial charge in [0.1, 0.15) is 0 Å². The van der Waals surface area contributed by atoms with Gasteiger partial charge in [0.2, 0.25) is 0 Å². The summed E-state index contributed by atoms with van der Waals surface area (Å²) in [6.07, 6.45) is 4.41. The van der Waals surface area contributed by atoms with Crippen LogP contribution in [-0.2, 0) is 0 Å². The van der Waals surface area contributed by atoms with Crippen molar-refractivity contribution in [1.82, 2.24) is 4.90 Å². The molecule has 23 heavy (non-hydrogen) atoms. The maximum Gasteiger partial charge on any atom is 0.289 e. The van der Waals surface area contributed by atoms with E-state index < -0.39 is 5.82 Å². The molecule has 120 valence electrons. The first kappa shape index (κ1) is 14.5. The molecule has 2 heterocycles. The fraction of sp³-hybridized carbons (Fsp3) is 0.421. The molecule has 1 aliphatic heterocycles. The Hall–Kier alpha value is -2.10. The van der Waals surface area contributed by atoms with Crippen LogP contribution in [0.5, 0.6) is 0 Å². The monoisotopic (exact) mass is 313 g/mol. The maximum atomic E-state index is 13.9. The summed E-state index contributed by atoms with van der Waals surface area (Å²) in [5.41, 5.74) is 2.33. The fourth-order valence-corrected chi connectivity index (χ4v) is 4.01. The molecule has 2 aromatic rings. The number of fused-ring (bicyclic) bond motifs is 2. The number of allylic oxidation sites excluding steroid dienone is 2. The van der Waals surface area contributed by atoms with E-state index in [1.165, 1.54) is 11.6 Å². The number of hydrogen-bond donors (Lipinski definition) is 0. The van der Waals surface area contributed by atoms with E-state index in [0.29, 0.717) is 17.2 Å². The highest BCUT2D eigenvalue weighted by Gasteiger charge is 2.38. The molecule has 0 bridgehead atoms. The van der Waals surface area contributed by atoms with Crippen molar-refractivity contribution in [3.8, 4) is 0 Å². The lowest BCUT2D eigenvalue weighted by atomic mass is 9.83. The summed E-state index contributed by atoms with van der Waals surface area (Å²) < 4.78 is 19.5. The molecular weight excluding hydrogens is 293 g/mol. The van der Waals surface area contributed by atoms with E-state index in [2.05, 4.69) is 13.0 Å². The Balaban J connectivity index is 1.63. The van der Waals surface area contributed by atoms with Gasteiger partial charge in [-0.25, -0.2) is 4.39 Å². The smallest absolute Gasteiger partial charge is 0.289 e. The summed E-state index contributed by atoms with van der Waals surface area (Å²) in [7, 11) is 0. The molecule has 1 amide bonds. The van der Waals surface area contributed by atoms with Crippen LogP contribution >= 0.6 is 0 Å². The summed E-state index contributed by atoms with van der Waals surface area (Å²) in [5, 5.41) is 0.683. The topological polar surface area (TPSA) is 33.5 Å². The summed E-state index contributed by atoms with van der Waals surface area (Å²) in [6.45, 7) is 5.53. The Labute approximate surface area is 134 Å². The molecule has 2 atom stereocenters. The highest BCUT2D eigenvalue weighted by Crippen LogP contribution is 2.37. The van der Waals surface area contributed by atoms with Gasteiger partial charge in [0.05, 0.1) is 0 Å². The van der Waals surface area contributed by atoms with E-state index in [-0.39, 0.29) is 17.3 Å². The maximum absolute atomic E-state index is 13.9. The van der Waals surface area contributed by atoms with E-state index >= 15 is 0 Å². The predicted molar refractivity (Wildman–Crippen MR) is 86.8 cm³/mol. The second-order valence-electron chi connectivity index (χ2n) is 6.89. The van der Waals surface area contributed by atoms with Crippen LogP contribution in [0.15, 0.2) is 34.3 Å². The zero-order valence-corrected chi connectivity index (χ0v) is 13.4. The van der Waals surface area contributed by atoms with E-state index in [0.717, 1.165) is 31.5 Å². The molecule has 3 nitrogen and oxygen atoms in total. The molecule has 0 N–H and O–H groups in total. The number of furan rings is 1. The minimum absolute atomic E-state index is 0.106. The largest absolute Gasteiger partial charge is 0.448 e. The molecular formula is C19H20FNO2. The van der Waals surface area contributed by atoms with Crippen LogP contribution < -0.4 is 0 Å². The first-order chi connectivity index (χ1) is 11.0. The van der Waals surface area contributed by atoms with Gasteiger partial charge in [-0.2, -0.15) is 0 Å². The van der Waals surface area contributed by atoms with Crippen molar-refractivity contribution in [3.63, 3.8) is 0 Å². The van der Waals surface area contributed by atoms with Crippen LogP contribution in [0.4, 0.5) is 4.39 Å². The number of nitrogens with zero attached hydrogens (tertiary/aromatic N) is 1. The van der Waals surface area contributed by atoms with E-state index in [1.807, 2.05) is 11.8 Å². The van der Waals surface area contributed by atoms with Crippen LogP contribution in [0.1, 0.15) is 35.9 Å². The lowest BCUT2D eigenvalue weighted by Gasteiger charge is -2.21. The Morgan fingerprint density at radius 1 is 1.26 bits per heavy atom. The van der Waals surface area contributed by atoms with E-state index in [1.54, 1.807) is 12.1 Å². The second-order valence-corrected chi connectivity index (χ2v) is 6.89. The first-order valence-electron chi connectivity index (χ1n) is 8.17. The molecule has 0 spiro atoms. The molecule has 2 aliphatic rings. The Morgan fingerprint density at radius 3 is 2.83 bits per heavy atom. The van der Waals surface area contributed by atoms with Gasteiger partial charge in [0, 0.05) is 24.0 Å². The van der Waals surface area contributed by atoms with Gasteiger partial charge in [-0.15, -0.1) is 0 Å². The van der Waals surface area contributed by atoms with Gasteiger partial charge in [-0.05, 0) is 44.6 Å². The van der Waals surface area contributed by atoms with Crippen LogP contribution in [0.3, 0.4) is 0 Å². The molecule has 1 aromatic heterocycles. The van der Waals surface area contributed by atoms with Crippen LogP contribution in [0.2, 0.25) is 0 Å². The quantitative estimate of drug-likeness (QED) is 0.735. The number of carbonyl (C=O) groups is 1. The Kier molecular flexibility index (Phi) is 3.29. The van der Waals surface area contributed by atoms with Gasteiger partial charge < -0.3 is 9.32 Å². The van der Waals surface area contributed by atoms with Gasteiger partial charge in [-0.1, -0.05) is 23.8 Å². The fourth-order valence-electron chi connectivity index (χ4n) is 4.01. The van der Waals surface area contributed by atoms with Crippen LogP contribution in [0.25, 0.3) is 11.0 Å². The first-order valence-corrected chi connectivity index (χ1v) is 8.17. The second kappa shape index (κ2) is 5.22. The zero-order chi connectivity index (χ0) is 16.1. The van der Waals surface area contributed by atoms with Crippen LogP contribution in [-0.4, -0.2) is 23.9 Å². The number of hydrogen-bond acceptors (Lipinski definition) is 2. The van der Waals surface area contributed by atoms with Crippen molar-refractivity contribution in [1.29, 1.82) is 0 Å². The number of halogens is 1. The van der Waals surface area contributed by atoms with Crippen molar-refractivity contribution in [3.05, 3.63) is 47.0 Å². The van der Waals surface area contributed by atoms with E-state index in [4.69, 9.17) is 4.42 Å². The molecule has 1 aromatic carbocycles. The van der Waals surface area contributed by atoms with Crippen molar-refractivity contribution < 1.29 is 13.6 Å². The van der Waals surface area contributed by atoms with Gasteiger partial charge in [-0.3, -0.25) is 4.79 Å². The van der Waals surface area contributed by atoms with Crippen LogP contribution in [0, 0.1) is 24.6 Å². The van der Waals surface area contributed by atoms with Gasteiger partial charge >= 0.3 is 0 Å². The lowest BCUT2D eigenvalue weighted by molar-refractivity contribution is 0.0753. The third-order valence-electron chi connectivity index (χ3n) is 5.33. The molecule has 0 saturated carbocycles. The van der Waals surface area contributed by atoms with Crippen molar-refractivity contribution in [2.75, 3.05) is 13.1 Å². The average molecular weight is 313 g/mol. The summed E-state index contributed by atoms with van der Waals surface area (Å²) in [4.78, 5) is 14.7. The minimum Gasteiger partial charge on any atom is -0.448 e. The normalized spacial score (nSPS) is 24.0. The molecule has 0 unspecified atom stereocenters. The summed E-state index contributed by atoms with van der Waals surface area (Å²) in [6, 6.07) is 4.80. The predicted octanol–water partition coefficient (Wildman–Crippen LogP) is 4.31. The minimum atomic E-state index is -0.417. The molecule has 1 fully saturated rings. The number of amides is 1. The third kappa shape index (κ3) is 2.28. The molecule has 4 rings (SSSR count). The highest BCUT2D eigenvalue weighted by molar-refractivity contribution is 5.99. The van der Waals surface area contributed by atoms with Crippen molar-refractivity contribution >= 4 is 16.9 Å². The number of benzene rings is 1. The molecule has 1 aliphatic carbocycles. The molecule has 1 saturated heterocycles. The van der Waals surface area contributed by atoms with Crippen molar-refractivity contribution in [2.24, 2.45) is 11.8 Å². The number of para-hydroxylation sites is 1. The lowest BCUT2D eigenvalue weighted by Crippen LogP contribution is -2.29. The standard InChI is InChI=1S/C19H20FNO2/c1-11-6-7-13-9-21(10-14(13)8-11)19(22)17-12(2)15-4-3-5-16(20)18(15)23-17/h3-6,13-14H,7-10H2,1-2H3/t13-,14+/m0/s1. The third-order valence-corrected chi connectivity index (χ3v) is 5.33. The van der Waals surface area contributed by atoms with Gasteiger partial charge in [0.15, 0.2) is 17.2 Å². The zero-order valence-electron chi connectivity index (χ0n) is 13.4. The Morgan fingerprint density at radius 2 is 2.04 bits per heavy atom. The SMILES string of the molecule is CC1=CC[C@H]2CN(C(=O)c3oc4c(F)cccc4c3C)C[C@H]2C1. The molecule has 0 radical (unpaired) electrons. The highest BCUT2D eigenvalue weighted by atomic mass is 19.1. The average Bonchev–Trinajstić information content (AvgIpc) is 3.09. The van der Waals surface area contributed by atoms with Crippen molar-refractivity contribution in [2.45, 2.75) is 26.7 Å². The summed E-state index contributed by atoms with van der Waals surface area (Å²) >= 11 is 0. The van der Waals surface area contributed by atoms with E-state index in [9.17, 15) is 9.18 Å². The number of aryl methyl sites for hydroxylation is 1. The molecule has 4 heteroatoms. The summed E-state index contributed by atoms with van der Waals surface area (Å²) in [5.74, 6) is 0.854. The Bertz CT molecular complexity index is 820.